The van der Waals surface area contributed by atoms with Crippen LogP contribution in [-0.4, -0.2) is 153 Å². The highest BCUT2D eigenvalue weighted by Crippen LogP contribution is 2.38. The predicted molar refractivity (Wildman–Crippen MR) is 331 cm³/mol. The fourth-order valence-electron chi connectivity index (χ4n) is 11.2. The highest BCUT2D eigenvalue weighted by molar-refractivity contribution is 6.62. The minimum absolute atomic E-state index is 0.00345. The molecule has 10 rings (SSSR count). The summed E-state index contributed by atoms with van der Waals surface area (Å²) in [7, 11) is -0.556. The van der Waals surface area contributed by atoms with Gasteiger partial charge in [-0.15, -0.1) is 0 Å². The number of carbonyl (C=O) groups excluding carboxylic acids is 4. The first-order valence-corrected chi connectivity index (χ1v) is 30.5. The Morgan fingerprint density at radius 1 is 0.682 bits per heavy atom. The zero-order chi connectivity index (χ0) is 64.5. The third-order valence-corrected chi connectivity index (χ3v) is 16.8. The van der Waals surface area contributed by atoms with Crippen molar-refractivity contribution in [3.8, 4) is 11.1 Å². The molecule has 2 aromatic carbocycles. The molecule has 8 heterocycles. The first-order chi connectivity index (χ1) is 41.3. The molecule has 0 unspecified atom stereocenters. The third kappa shape index (κ3) is 19.1. The number of nitrogens with one attached hydrogen (secondary N) is 2. The molecule has 0 spiro atoms. The van der Waals surface area contributed by atoms with Crippen LogP contribution in [0.3, 0.4) is 0 Å². The maximum Gasteiger partial charge on any atom is 0.495 e. The van der Waals surface area contributed by atoms with Gasteiger partial charge < -0.3 is 49.8 Å². The van der Waals surface area contributed by atoms with Crippen LogP contribution in [0.2, 0.25) is 5.02 Å². The monoisotopic (exact) mass is 1260 g/mol. The molecule has 6 fully saturated rings. The van der Waals surface area contributed by atoms with Crippen molar-refractivity contribution >= 4 is 82.7 Å². The number of hydrogen-bond acceptors (Lipinski definition) is 12. The molecule has 4 N–H and O–H groups in total. The van der Waals surface area contributed by atoms with Crippen LogP contribution in [0.25, 0.3) is 11.1 Å². The maximum atomic E-state index is 12.7. The summed E-state index contributed by atoms with van der Waals surface area (Å²) in [4.78, 5) is 66.8. The number of rotatable bonds is 11. The fraction of sp³-hybridized carbons (Fsp3) is 0.581. The van der Waals surface area contributed by atoms with Crippen molar-refractivity contribution in [1.82, 2.24) is 19.8 Å². The van der Waals surface area contributed by atoms with E-state index in [0.29, 0.717) is 92.5 Å². The van der Waals surface area contributed by atoms with Gasteiger partial charge in [0, 0.05) is 108 Å². The van der Waals surface area contributed by atoms with Gasteiger partial charge in [0.15, 0.2) is 0 Å². The minimum atomic E-state index is -4.23. The third-order valence-electron chi connectivity index (χ3n) is 16.6. The number of morpholine rings is 1. The van der Waals surface area contributed by atoms with Gasteiger partial charge in [-0.1, -0.05) is 43.1 Å². The first kappa shape index (κ1) is 69.1. The number of benzene rings is 2. The van der Waals surface area contributed by atoms with Crippen LogP contribution >= 0.6 is 11.6 Å². The van der Waals surface area contributed by atoms with E-state index in [1.54, 1.807) is 46.2 Å². The van der Waals surface area contributed by atoms with Crippen molar-refractivity contribution in [1.29, 1.82) is 0 Å². The number of alkyl halides is 6. The van der Waals surface area contributed by atoms with Crippen molar-refractivity contribution in [2.45, 2.75) is 131 Å². The molecule has 4 atom stereocenters. The van der Waals surface area contributed by atoms with E-state index in [1.807, 2.05) is 86.6 Å². The van der Waals surface area contributed by atoms with Crippen LogP contribution in [0.1, 0.15) is 105 Å². The number of nitrogen functional groups attached to an aromatic ring is 1. The van der Waals surface area contributed by atoms with E-state index < -0.39 is 67.4 Å². The molecular weight excluding hydrogens is 1170 g/mol. The van der Waals surface area contributed by atoms with Gasteiger partial charge in [0.25, 0.3) is 0 Å². The van der Waals surface area contributed by atoms with E-state index in [1.165, 1.54) is 9.80 Å². The average Bonchev–Trinajstić information content (AvgIpc) is 2.00. The standard InChI is InChI=1S/C24H28F3N5O2.C20H28BF3N2O3.C14H18ClN3O2.C4H10O/c1-14-7-22(33)32(12-14)21-9-17(8-20(28)30-21)19-10-18(4-3-15(19)2)29-23(34)31-6-5-16(13-31)11-24(25,26)27;1-13-6-7-15(10-16(13)21-28-18(2,3)19(4,5)29-21)25-17(27)26-9-8-14(12-26)11-20(22,23)24;1-10-6-14(19)18(9-10)13-8-11(15)7-12(16-13)17-2-4-20-5-3-17;1-3-5-4-2/h3-4,8-10,14,16H,5-7,11-13H2,1-2H3,(H2,28,30)(H,29,34);6-7,10,14H,8-9,11-12H2,1-5H3,(H,25,27);7-8,10H,2-6,9H2,1H3;3-4H2,1-2H3/t14-,16+;14-;10-;/m101./s1. The second kappa shape index (κ2) is 29.5. The average molecular weight is 1260 g/mol. The molecule has 6 aliphatic heterocycles. The van der Waals surface area contributed by atoms with Gasteiger partial charge >= 0.3 is 31.5 Å². The number of carbonyl (C=O) groups is 4. The number of nitrogens with two attached hydrogens (primary N) is 1. The van der Waals surface area contributed by atoms with Gasteiger partial charge in [0.2, 0.25) is 11.8 Å². The van der Waals surface area contributed by atoms with Crippen molar-refractivity contribution in [2.24, 2.45) is 23.7 Å². The number of amides is 6. The molecule has 0 bridgehead atoms. The molecule has 88 heavy (non-hydrogen) atoms. The van der Waals surface area contributed by atoms with Crippen molar-refractivity contribution in [3.05, 3.63) is 76.8 Å². The molecule has 0 radical (unpaired) electrons. The summed E-state index contributed by atoms with van der Waals surface area (Å²) in [6, 6.07) is 17.1. The van der Waals surface area contributed by atoms with Crippen LogP contribution < -0.4 is 36.5 Å². The van der Waals surface area contributed by atoms with E-state index in [2.05, 4.69) is 32.4 Å². The number of ether oxygens (including phenoxy) is 2. The summed E-state index contributed by atoms with van der Waals surface area (Å²) < 4.78 is 98.1. The number of likely N-dealkylation sites (tertiary alicyclic amines) is 2. The number of halogens is 7. The first-order valence-electron chi connectivity index (χ1n) is 30.1. The molecular formula is C62H84BClF6N10O8. The van der Waals surface area contributed by atoms with Crippen LogP contribution in [-0.2, 0) is 28.4 Å². The normalized spacial score (nSPS) is 21.6. The van der Waals surface area contributed by atoms with Crippen LogP contribution in [0.4, 0.5) is 70.6 Å². The van der Waals surface area contributed by atoms with Gasteiger partial charge in [-0.25, -0.2) is 19.6 Å². The van der Waals surface area contributed by atoms with Gasteiger partial charge in [0.05, 0.1) is 24.4 Å². The Hall–Kier alpha value is -6.41. The van der Waals surface area contributed by atoms with Crippen LogP contribution in [0.15, 0.2) is 60.7 Å². The zero-order valence-electron chi connectivity index (χ0n) is 52.0. The molecule has 6 amide bonds. The number of urea groups is 2. The number of nitrogens with zero attached hydrogens (tertiary/aromatic N) is 7. The van der Waals surface area contributed by atoms with Crippen molar-refractivity contribution < 1.29 is 64.3 Å². The number of pyridine rings is 2. The second-order valence-electron chi connectivity index (χ2n) is 24.5. The summed E-state index contributed by atoms with van der Waals surface area (Å²) in [5.74, 6) is 1.87. The Morgan fingerprint density at radius 2 is 1.16 bits per heavy atom. The van der Waals surface area contributed by atoms with E-state index in [-0.39, 0.29) is 43.2 Å². The molecule has 6 saturated heterocycles. The molecule has 0 saturated carbocycles. The fourth-order valence-corrected chi connectivity index (χ4v) is 11.4. The molecule has 6 aliphatic rings. The van der Waals surface area contributed by atoms with Gasteiger partial charge in [-0.3, -0.25) is 19.4 Å². The zero-order valence-corrected chi connectivity index (χ0v) is 52.8. The van der Waals surface area contributed by atoms with Crippen molar-refractivity contribution in [2.75, 3.05) is 110 Å². The highest BCUT2D eigenvalue weighted by Gasteiger charge is 2.52. The largest absolute Gasteiger partial charge is 0.495 e. The van der Waals surface area contributed by atoms with Crippen molar-refractivity contribution in [3.63, 3.8) is 0 Å². The molecule has 0 aliphatic carbocycles. The summed E-state index contributed by atoms with van der Waals surface area (Å²) in [5, 5.41) is 6.21. The SMILES string of the molecule is CCOCC.C[C@@H]1CC(=O)N(c2cc(Cl)cc(N3CCOCC3)n2)C1.Cc1ccc(NC(=O)N2CC[C@@H](CC(F)(F)F)C2)cc1-c1cc(N)nc(N2C[C@H](C)CC2=O)c1.Cc1ccc(NC(=O)N2CC[C@@H](CC(F)(F)F)C2)cc1B1OC(C)(C)C(C)(C)O1. The maximum absolute atomic E-state index is 12.7. The smallest absolute Gasteiger partial charge is 0.399 e. The second-order valence-corrected chi connectivity index (χ2v) is 25.0. The number of aromatic nitrogens is 2. The highest BCUT2D eigenvalue weighted by atomic mass is 35.5. The quantitative estimate of drug-likeness (QED) is 0.0950. The molecule has 482 valence electrons. The van der Waals surface area contributed by atoms with Gasteiger partial charge in [-0.05, 0) is 163 Å². The van der Waals surface area contributed by atoms with E-state index in [9.17, 15) is 45.5 Å². The molecule has 4 aromatic rings. The summed E-state index contributed by atoms with van der Waals surface area (Å²) in [6.07, 6.45) is -8.42. The lowest BCUT2D eigenvalue weighted by Gasteiger charge is -2.32. The Balaban J connectivity index is 0.000000186. The summed E-state index contributed by atoms with van der Waals surface area (Å²) >= 11 is 6.20. The lowest BCUT2D eigenvalue weighted by molar-refractivity contribution is -0.144. The molecule has 18 nitrogen and oxygen atoms in total. The lowest BCUT2D eigenvalue weighted by Crippen LogP contribution is -2.41. The Labute approximate surface area is 517 Å². The Kier molecular flexibility index (Phi) is 23.1. The Morgan fingerprint density at radius 3 is 1.62 bits per heavy atom. The number of aryl methyl sites for hydroxylation is 2. The van der Waals surface area contributed by atoms with E-state index in [0.717, 1.165) is 59.8 Å². The Bertz CT molecular complexity index is 3060. The van der Waals surface area contributed by atoms with E-state index in [4.69, 9.17) is 36.1 Å². The van der Waals surface area contributed by atoms with Crippen LogP contribution in [0.5, 0.6) is 0 Å². The minimum Gasteiger partial charge on any atom is -0.399 e. The topological polar surface area (TPSA) is 197 Å². The molecule has 2 aromatic heterocycles. The summed E-state index contributed by atoms with van der Waals surface area (Å²) in [6.45, 7) is 26.6. The molecule has 26 heteroatoms. The van der Waals surface area contributed by atoms with Crippen LogP contribution in [0, 0.1) is 37.5 Å². The van der Waals surface area contributed by atoms with Gasteiger partial charge in [0.1, 0.15) is 23.3 Å². The van der Waals surface area contributed by atoms with Gasteiger partial charge in [-0.2, -0.15) is 26.3 Å². The lowest BCUT2D eigenvalue weighted by atomic mass is 9.76. The summed E-state index contributed by atoms with van der Waals surface area (Å²) in [5.41, 5.74) is 10.5. The predicted octanol–water partition coefficient (Wildman–Crippen LogP) is 11.9. The number of hydrogen-bond donors (Lipinski definition) is 3. The number of anilines is 6. The van der Waals surface area contributed by atoms with E-state index >= 15 is 0 Å².